The average molecular weight is 459 g/mol. The van der Waals surface area contributed by atoms with Crippen molar-refractivity contribution in [1.82, 2.24) is 16.0 Å². The number of urea groups is 1. The topological polar surface area (TPSA) is 132 Å². The zero-order valence-electron chi connectivity index (χ0n) is 17.3. The number of primary amides is 1. The third kappa shape index (κ3) is 5.30. The summed E-state index contributed by atoms with van der Waals surface area (Å²) in [5.74, 6) is -1.41. The molecule has 32 heavy (non-hydrogen) atoms. The van der Waals surface area contributed by atoms with Gasteiger partial charge in [0, 0.05) is 23.3 Å². The van der Waals surface area contributed by atoms with E-state index in [1.54, 1.807) is 6.07 Å². The van der Waals surface area contributed by atoms with Gasteiger partial charge in [-0.25, -0.2) is 4.79 Å². The number of methoxy groups -OCH3 is 1. The number of hydrogen-bond acceptors (Lipinski definition) is 5. The normalized spacial score (nSPS) is 17.7. The zero-order chi connectivity index (χ0) is 23.3. The van der Waals surface area contributed by atoms with Gasteiger partial charge in [0.25, 0.3) is 5.91 Å². The van der Waals surface area contributed by atoms with Crippen molar-refractivity contribution in [1.29, 1.82) is 0 Å². The van der Waals surface area contributed by atoms with E-state index in [-0.39, 0.29) is 34.7 Å². The van der Waals surface area contributed by atoms with Gasteiger partial charge in [0.15, 0.2) is 18.1 Å². The van der Waals surface area contributed by atoms with E-state index in [0.717, 1.165) is 5.56 Å². The van der Waals surface area contributed by atoms with Gasteiger partial charge < -0.3 is 31.2 Å². The van der Waals surface area contributed by atoms with Gasteiger partial charge in [-0.3, -0.25) is 9.59 Å². The molecule has 1 aliphatic rings. The number of nitrogens with two attached hydrogens (primary N) is 1. The summed E-state index contributed by atoms with van der Waals surface area (Å²) >= 11 is 6.46. The number of ether oxygens (including phenoxy) is 2. The molecule has 1 saturated heterocycles. The van der Waals surface area contributed by atoms with Crippen molar-refractivity contribution in [2.45, 2.75) is 12.6 Å². The second-order valence-corrected chi connectivity index (χ2v) is 7.47. The van der Waals surface area contributed by atoms with Crippen molar-refractivity contribution in [3.8, 4) is 11.5 Å². The molecule has 0 spiro atoms. The first-order valence-corrected chi connectivity index (χ1v) is 10.0. The summed E-state index contributed by atoms with van der Waals surface area (Å²) in [7, 11) is 1.41. The van der Waals surface area contributed by atoms with Crippen molar-refractivity contribution in [2.24, 2.45) is 11.7 Å². The molecule has 1 fully saturated rings. The van der Waals surface area contributed by atoms with Crippen LogP contribution in [0, 0.1) is 5.92 Å². The first-order valence-electron chi connectivity index (χ1n) is 9.66. The minimum atomic E-state index is -0.851. The Morgan fingerprint density at radius 1 is 1.22 bits per heavy atom. The zero-order valence-corrected chi connectivity index (χ0v) is 18.1. The van der Waals surface area contributed by atoms with Crippen LogP contribution in [0.4, 0.5) is 4.79 Å². The second kappa shape index (κ2) is 10.1. The molecule has 1 aliphatic heterocycles. The molecule has 2 atom stereocenters. The average Bonchev–Trinajstić information content (AvgIpc) is 2.76. The number of amides is 4. The molecule has 0 bridgehead atoms. The molecule has 2 aromatic carbocycles. The Labute approximate surface area is 189 Å². The molecule has 0 radical (unpaired) electrons. The lowest BCUT2D eigenvalue weighted by Crippen LogP contribution is -2.53. The predicted molar refractivity (Wildman–Crippen MR) is 118 cm³/mol. The van der Waals surface area contributed by atoms with Crippen molar-refractivity contribution in [3.05, 3.63) is 70.9 Å². The van der Waals surface area contributed by atoms with E-state index < -0.39 is 23.9 Å². The van der Waals surface area contributed by atoms with E-state index in [1.807, 2.05) is 30.3 Å². The highest BCUT2D eigenvalue weighted by Crippen LogP contribution is 2.40. The molecular formula is C22H23ClN4O5. The monoisotopic (exact) mass is 458 g/mol. The first-order chi connectivity index (χ1) is 15.3. The molecule has 0 unspecified atom stereocenters. The van der Waals surface area contributed by atoms with E-state index in [9.17, 15) is 14.4 Å². The van der Waals surface area contributed by atoms with Gasteiger partial charge in [0.1, 0.15) is 5.92 Å². The molecule has 1 heterocycles. The fraction of sp³-hybridized carbons (Fsp3) is 0.227. The van der Waals surface area contributed by atoms with Crippen molar-refractivity contribution in [2.75, 3.05) is 13.7 Å². The van der Waals surface area contributed by atoms with Crippen molar-refractivity contribution < 1.29 is 23.9 Å². The van der Waals surface area contributed by atoms with Crippen LogP contribution in [0.15, 0.2) is 54.7 Å². The van der Waals surface area contributed by atoms with Crippen LogP contribution in [0.1, 0.15) is 17.2 Å². The SMILES string of the molecule is C=C1NC(=O)N[C@@H](c2cc(OC)c(OCC(N)=O)cc2Cl)[C@@H]1C(=O)NCc1ccccc1. The summed E-state index contributed by atoms with van der Waals surface area (Å²) in [4.78, 5) is 36.3. The maximum atomic E-state index is 13.1. The Hall–Kier alpha value is -3.72. The Bertz CT molecular complexity index is 1040. The standard InChI is InChI=1S/C22H23ClN4O5/c1-12-19(21(29)25-10-13-6-4-3-5-7-13)20(27-22(30)26-12)14-8-16(31-2)17(9-15(14)23)32-11-18(24)28/h3-9,19-20H,1,10-11H2,2H3,(H2,24,28)(H,25,29)(H2,26,27,30)/t19-,20+/m1/s1. The summed E-state index contributed by atoms with van der Waals surface area (Å²) in [6.07, 6.45) is 0. The third-order valence-electron chi connectivity index (χ3n) is 4.85. The number of carbonyl (C=O) groups is 3. The molecule has 10 heteroatoms. The lowest BCUT2D eigenvalue weighted by molar-refractivity contribution is -0.125. The maximum Gasteiger partial charge on any atom is 0.319 e. The van der Waals surface area contributed by atoms with Gasteiger partial charge in [0.05, 0.1) is 13.2 Å². The summed E-state index contributed by atoms with van der Waals surface area (Å²) in [5, 5.41) is 8.34. The number of rotatable bonds is 8. The smallest absolute Gasteiger partial charge is 0.319 e. The summed E-state index contributed by atoms with van der Waals surface area (Å²) in [5.41, 5.74) is 6.70. The van der Waals surface area contributed by atoms with Crippen molar-refractivity contribution in [3.63, 3.8) is 0 Å². The molecule has 3 rings (SSSR count). The highest BCUT2D eigenvalue weighted by molar-refractivity contribution is 6.31. The van der Waals surface area contributed by atoms with Crippen LogP contribution >= 0.6 is 11.6 Å². The van der Waals surface area contributed by atoms with Gasteiger partial charge in [-0.2, -0.15) is 0 Å². The Balaban J connectivity index is 1.89. The van der Waals surface area contributed by atoms with E-state index in [2.05, 4.69) is 22.5 Å². The van der Waals surface area contributed by atoms with Gasteiger partial charge in [-0.1, -0.05) is 48.5 Å². The minimum absolute atomic E-state index is 0.198. The molecule has 5 N–H and O–H groups in total. The lowest BCUT2D eigenvalue weighted by atomic mass is 9.88. The number of halogens is 1. The van der Waals surface area contributed by atoms with Crippen LogP contribution in [-0.2, 0) is 16.1 Å². The quantitative estimate of drug-likeness (QED) is 0.480. The molecule has 168 valence electrons. The fourth-order valence-corrected chi connectivity index (χ4v) is 3.63. The van der Waals surface area contributed by atoms with E-state index in [1.165, 1.54) is 13.2 Å². The fourth-order valence-electron chi connectivity index (χ4n) is 3.36. The Kier molecular flexibility index (Phi) is 7.21. The van der Waals surface area contributed by atoms with Crippen molar-refractivity contribution >= 4 is 29.4 Å². The highest BCUT2D eigenvalue weighted by Gasteiger charge is 2.39. The van der Waals surface area contributed by atoms with Gasteiger partial charge in [-0.15, -0.1) is 0 Å². The van der Waals surface area contributed by atoms with E-state index in [4.69, 9.17) is 26.8 Å². The van der Waals surface area contributed by atoms with E-state index in [0.29, 0.717) is 12.1 Å². The third-order valence-corrected chi connectivity index (χ3v) is 5.18. The van der Waals surface area contributed by atoms with Crippen LogP contribution < -0.4 is 31.2 Å². The van der Waals surface area contributed by atoms with Crippen LogP contribution in [-0.4, -0.2) is 31.6 Å². The molecule has 0 aliphatic carbocycles. The Morgan fingerprint density at radius 2 is 1.94 bits per heavy atom. The first kappa shape index (κ1) is 23.0. The molecule has 2 aromatic rings. The second-order valence-electron chi connectivity index (χ2n) is 7.06. The van der Waals surface area contributed by atoms with Crippen LogP contribution in [0.3, 0.4) is 0 Å². The number of hydrogen-bond donors (Lipinski definition) is 4. The number of benzene rings is 2. The molecular weight excluding hydrogens is 436 g/mol. The minimum Gasteiger partial charge on any atom is -0.493 e. The Morgan fingerprint density at radius 3 is 2.59 bits per heavy atom. The van der Waals surface area contributed by atoms with Crippen LogP contribution in [0.5, 0.6) is 11.5 Å². The molecule has 9 nitrogen and oxygen atoms in total. The highest BCUT2D eigenvalue weighted by atomic mass is 35.5. The predicted octanol–water partition coefficient (Wildman–Crippen LogP) is 2.01. The number of nitrogens with one attached hydrogen (secondary N) is 3. The molecule has 4 amide bonds. The van der Waals surface area contributed by atoms with Gasteiger partial charge >= 0.3 is 6.03 Å². The number of carbonyl (C=O) groups excluding carboxylic acids is 3. The molecule has 0 aromatic heterocycles. The summed E-state index contributed by atoms with van der Waals surface area (Å²) in [6, 6.07) is 11.1. The van der Waals surface area contributed by atoms with Crippen LogP contribution in [0.2, 0.25) is 5.02 Å². The maximum absolute atomic E-state index is 13.1. The summed E-state index contributed by atoms with van der Waals surface area (Å²) in [6.45, 7) is 3.80. The van der Waals surface area contributed by atoms with Gasteiger partial charge in [-0.05, 0) is 17.2 Å². The largest absolute Gasteiger partial charge is 0.493 e. The molecule has 0 saturated carbocycles. The van der Waals surface area contributed by atoms with E-state index >= 15 is 0 Å². The summed E-state index contributed by atoms with van der Waals surface area (Å²) < 4.78 is 10.7. The van der Waals surface area contributed by atoms with Gasteiger partial charge in [0.2, 0.25) is 5.91 Å². The van der Waals surface area contributed by atoms with Crippen LogP contribution in [0.25, 0.3) is 0 Å². The lowest BCUT2D eigenvalue weighted by Gasteiger charge is -2.34.